The number of hydrogen-bond donors (Lipinski definition) is 0. The van der Waals surface area contributed by atoms with Crippen molar-refractivity contribution in [1.82, 2.24) is 4.90 Å². The second kappa shape index (κ2) is 7.47. The summed E-state index contributed by atoms with van der Waals surface area (Å²) in [6.07, 6.45) is -0.750. The highest BCUT2D eigenvalue weighted by Gasteiger charge is 2.44. The first-order chi connectivity index (χ1) is 12.4. The van der Waals surface area contributed by atoms with E-state index in [1.54, 1.807) is 44.4 Å². The Kier molecular flexibility index (Phi) is 5.29. The van der Waals surface area contributed by atoms with Crippen LogP contribution in [0.3, 0.4) is 0 Å². The van der Waals surface area contributed by atoms with Crippen LogP contribution in [0, 0.1) is 0 Å². The molecule has 3 rings (SSSR count). The van der Waals surface area contributed by atoms with Crippen LogP contribution in [0.1, 0.15) is 12.5 Å². The second-order valence-corrected chi connectivity index (χ2v) is 8.16. The van der Waals surface area contributed by atoms with Gasteiger partial charge < -0.3 is 14.4 Å². The molecule has 26 heavy (non-hydrogen) atoms. The number of carbonyl (C=O) groups is 1. The van der Waals surface area contributed by atoms with E-state index in [2.05, 4.69) is 0 Å². The average molecular weight is 375 g/mol. The first-order valence-corrected chi connectivity index (χ1v) is 9.91. The Labute approximate surface area is 153 Å². The Bertz CT molecular complexity index is 865. The number of methoxy groups -OCH3 is 1. The molecule has 1 amide bonds. The van der Waals surface area contributed by atoms with E-state index in [9.17, 15) is 13.2 Å². The Morgan fingerprint density at radius 1 is 1.12 bits per heavy atom. The van der Waals surface area contributed by atoms with Crippen molar-refractivity contribution in [2.24, 2.45) is 0 Å². The average Bonchev–Trinajstić information content (AvgIpc) is 3.38. The van der Waals surface area contributed by atoms with E-state index in [1.165, 1.54) is 17.0 Å². The fraction of sp³-hybridized carbons (Fsp3) is 0.316. The fourth-order valence-corrected chi connectivity index (χ4v) is 4.02. The first-order valence-electron chi connectivity index (χ1n) is 8.26. The molecule has 0 aromatic heterocycles. The molecule has 2 aromatic carbocycles. The molecule has 2 atom stereocenters. The molecule has 1 fully saturated rings. The summed E-state index contributed by atoms with van der Waals surface area (Å²) < 4.78 is 35.8. The molecule has 1 aliphatic rings. The first kappa shape index (κ1) is 18.4. The van der Waals surface area contributed by atoms with Gasteiger partial charge in [-0.1, -0.05) is 30.3 Å². The van der Waals surface area contributed by atoms with Crippen LogP contribution in [0.15, 0.2) is 59.5 Å². The molecule has 0 unspecified atom stereocenters. The van der Waals surface area contributed by atoms with Crippen LogP contribution in [-0.4, -0.2) is 44.4 Å². The molecule has 0 aliphatic carbocycles. The minimum Gasteiger partial charge on any atom is -0.497 e. The molecule has 7 heteroatoms. The van der Waals surface area contributed by atoms with Gasteiger partial charge in [0.05, 0.1) is 18.1 Å². The molecule has 0 bridgehead atoms. The Morgan fingerprint density at radius 2 is 1.73 bits per heavy atom. The molecular weight excluding hydrogens is 354 g/mol. The van der Waals surface area contributed by atoms with Gasteiger partial charge in [0.15, 0.2) is 15.9 Å². The molecule has 2 aromatic rings. The van der Waals surface area contributed by atoms with E-state index in [0.29, 0.717) is 5.75 Å². The quantitative estimate of drug-likeness (QED) is 0.694. The molecular formula is C19H21NO5S. The predicted octanol–water partition coefficient (Wildman–Crippen LogP) is 2.24. The SMILES string of the molecule is COc1ccc(CN(CS(=O)(=O)c2ccccc2)C(=O)[C@@H]2O[C@@H]2C)cc1. The van der Waals surface area contributed by atoms with E-state index in [4.69, 9.17) is 9.47 Å². The smallest absolute Gasteiger partial charge is 0.255 e. The van der Waals surface area contributed by atoms with Crippen LogP contribution in [-0.2, 0) is 25.9 Å². The van der Waals surface area contributed by atoms with Crippen LogP contribution >= 0.6 is 0 Å². The van der Waals surface area contributed by atoms with Crippen LogP contribution in [0.5, 0.6) is 5.75 Å². The Hall–Kier alpha value is -2.38. The lowest BCUT2D eigenvalue weighted by Crippen LogP contribution is -2.38. The third-order valence-corrected chi connectivity index (χ3v) is 5.87. The lowest BCUT2D eigenvalue weighted by molar-refractivity contribution is -0.132. The van der Waals surface area contributed by atoms with Gasteiger partial charge in [0.25, 0.3) is 5.91 Å². The van der Waals surface area contributed by atoms with Gasteiger partial charge >= 0.3 is 0 Å². The van der Waals surface area contributed by atoms with Crippen molar-refractivity contribution >= 4 is 15.7 Å². The van der Waals surface area contributed by atoms with Crippen molar-refractivity contribution in [1.29, 1.82) is 0 Å². The summed E-state index contributed by atoms with van der Waals surface area (Å²) in [5.41, 5.74) is 0.815. The summed E-state index contributed by atoms with van der Waals surface area (Å²) in [6.45, 7) is 1.97. The van der Waals surface area contributed by atoms with E-state index >= 15 is 0 Å². The molecule has 1 saturated heterocycles. The van der Waals surface area contributed by atoms with Gasteiger partial charge in [-0.05, 0) is 36.8 Å². The number of epoxide rings is 1. The molecule has 0 spiro atoms. The fourth-order valence-electron chi connectivity index (χ4n) is 2.67. The molecule has 6 nitrogen and oxygen atoms in total. The van der Waals surface area contributed by atoms with Gasteiger partial charge in [0, 0.05) is 6.54 Å². The van der Waals surface area contributed by atoms with Crippen molar-refractivity contribution in [3.8, 4) is 5.75 Å². The number of nitrogens with zero attached hydrogens (tertiary/aromatic N) is 1. The Morgan fingerprint density at radius 3 is 2.27 bits per heavy atom. The summed E-state index contributed by atoms with van der Waals surface area (Å²) in [4.78, 5) is 14.2. The van der Waals surface area contributed by atoms with Crippen molar-refractivity contribution in [2.75, 3.05) is 13.0 Å². The zero-order chi connectivity index (χ0) is 18.7. The lowest BCUT2D eigenvalue weighted by Gasteiger charge is -2.22. The number of rotatable bonds is 7. The zero-order valence-corrected chi connectivity index (χ0v) is 15.5. The molecule has 0 N–H and O–H groups in total. The van der Waals surface area contributed by atoms with Crippen molar-refractivity contribution in [2.45, 2.75) is 30.6 Å². The summed E-state index contributed by atoms with van der Waals surface area (Å²) in [6, 6.07) is 15.3. The highest BCUT2D eigenvalue weighted by atomic mass is 32.2. The molecule has 0 radical (unpaired) electrons. The largest absolute Gasteiger partial charge is 0.497 e. The highest BCUT2D eigenvalue weighted by molar-refractivity contribution is 7.91. The third-order valence-electron chi connectivity index (χ3n) is 4.23. The van der Waals surface area contributed by atoms with Gasteiger partial charge in [-0.2, -0.15) is 0 Å². The van der Waals surface area contributed by atoms with Crippen LogP contribution < -0.4 is 4.74 Å². The maximum absolute atomic E-state index is 12.7. The van der Waals surface area contributed by atoms with E-state index in [-0.39, 0.29) is 23.5 Å². The second-order valence-electron chi connectivity index (χ2n) is 6.20. The molecule has 0 saturated carbocycles. The van der Waals surface area contributed by atoms with Gasteiger partial charge in [-0.25, -0.2) is 8.42 Å². The topological polar surface area (TPSA) is 76.2 Å². The number of carbonyl (C=O) groups excluding carboxylic acids is 1. The van der Waals surface area contributed by atoms with Gasteiger partial charge in [-0.3, -0.25) is 4.79 Å². The predicted molar refractivity (Wildman–Crippen MR) is 96.4 cm³/mol. The normalized spacial score (nSPS) is 19.0. The summed E-state index contributed by atoms with van der Waals surface area (Å²) in [5, 5.41) is 0. The third kappa shape index (κ3) is 4.23. The minimum absolute atomic E-state index is 0.180. The zero-order valence-electron chi connectivity index (χ0n) is 14.7. The van der Waals surface area contributed by atoms with Gasteiger partial charge in [0.2, 0.25) is 0 Å². The van der Waals surface area contributed by atoms with E-state index in [1.807, 2.05) is 12.1 Å². The van der Waals surface area contributed by atoms with Crippen molar-refractivity contribution in [3.63, 3.8) is 0 Å². The molecule has 1 heterocycles. The monoisotopic (exact) mass is 375 g/mol. The summed E-state index contributed by atoms with van der Waals surface area (Å²) in [7, 11) is -2.06. The van der Waals surface area contributed by atoms with Crippen molar-refractivity contribution in [3.05, 3.63) is 60.2 Å². The highest BCUT2D eigenvalue weighted by Crippen LogP contribution is 2.25. The van der Waals surface area contributed by atoms with Crippen molar-refractivity contribution < 1.29 is 22.7 Å². The van der Waals surface area contributed by atoms with E-state index < -0.39 is 21.8 Å². The number of ether oxygens (including phenoxy) is 2. The van der Waals surface area contributed by atoms with Gasteiger partial charge in [0.1, 0.15) is 11.6 Å². The maximum atomic E-state index is 12.7. The molecule has 1 aliphatic heterocycles. The number of amides is 1. The molecule has 138 valence electrons. The minimum atomic E-state index is -3.64. The number of benzene rings is 2. The number of hydrogen-bond acceptors (Lipinski definition) is 5. The standard InChI is InChI=1S/C19H21NO5S/c1-14-18(25-14)19(21)20(12-15-8-10-16(24-2)11-9-15)13-26(22,23)17-6-4-3-5-7-17/h3-11,14,18H,12-13H2,1-2H3/t14-,18-/m1/s1. The Balaban J connectivity index is 1.82. The lowest BCUT2D eigenvalue weighted by atomic mass is 10.2. The van der Waals surface area contributed by atoms with Crippen LogP contribution in [0.2, 0.25) is 0 Å². The maximum Gasteiger partial charge on any atom is 0.255 e. The van der Waals surface area contributed by atoms with Crippen LogP contribution in [0.25, 0.3) is 0 Å². The van der Waals surface area contributed by atoms with E-state index in [0.717, 1.165) is 5.56 Å². The van der Waals surface area contributed by atoms with Gasteiger partial charge in [-0.15, -0.1) is 0 Å². The summed E-state index contributed by atoms with van der Waals surface area (Å²) in [5.74, 6) is -0.00966. The number of sulfone groups is 1. The summed E-state index contributed by atoms with van der Waals surface area (Å²) >= 11 is 0. The van der Waals surface area contributed by atoms with Crippen LogP contribution in [0.4, 0.5) is 0 Å².